The van der Waals surface area contributed by atoms with E-state index in [-0.39, 0.29) is 5.91 Å². The van der Waals surface area contributed by atoms with Crippen LogP contribution in [-0.2, 0) is 14.3 Å². The van der Waals surface area contributed by atoms with Crippen LogP contribution < -0.4 is 10.2 Å². The second-order valence-electron chi connectivity index (χ2n) is 7.25. The van der Waals surface area contributed by atoms with Gasteiger partial charge in [-0.1, -0.05) is 41.9 Å². The first-order valence-electron chi connectivity index (χ1n) is 9.83. The van der Waals surface area contributed by atoms with Crippen molar-refractivity contribution in [3.63, 3.8) is 0 Å². The normalized spacial score (nSPS) is 21.7. The Morgan fingerprint density at radius 3 is 2.30 bits per heavy atom. The molecule has 1 amide bonds. The molecule has 0 bridgehead atoms. The number of hydrogen-bond acceptors (Lipinski definition) is 6. The van der Waals surface area contributed by atoms with Crippen molar-refractivity contribution in [1.82, 2.24) is 10.2 Å². The third kappa shape index (κ3) is 4.11. The number of nitrogens with zero attached hydrogens (tertiary/aromatic N) is 3. The lowest BCUT2D eigenvalue weighted by molar-refractivity contribution is -0.151. The zero-order valence-corrected chi connectivity index (χ0v) is 17.4. The van der Waals surface area contributed by atoms with E-state index in [1.807, 2.05) is 59.5 Å². The second kappa shape index (κ2) is 8.75. The van der Waals surface area contributed by atoms with E-state index in [2.05, 4.69) is 10.2 Å². The molecular weight excluding hydrogens is 404 g/mol. The predicted octanol–water partition coefficient (Wildman–Crippen LogP) is 2.48. The van der Waals surface area contributed by atoms with Gasteiger partial charge in [-0.3, -0.25) is 14.9 Å². The molecule has 0 spiro atoms. The van der Waals surface area contributed by atoms with Gasteiger partial charge in [0.25, 0.3) is 0 Å². The van der Waals surface area contributed by atoms with E-state index in [1.54, 1.807) is 0 Å². The van der Waals surface area contributed by atoms with Gasteiger partial charge in [-0.15, -0.1) is 0 Å². The maximum atomic E-state index is 12.8. The molecule has 2 aliphatic rings. The number of nitrogens with one attached hydrogen (secondary N) is 1. The summed E-state index contributed by atoms with van der Waals surface area (Å²) in [6.45, 7) is 2.97. The van der Waals surface area contributed by atoms with Crippen LogP contribution >= 0.6 is 11.6 Å². The summed E-state index contributed by atoms with van der Waals surface area (Å²) in [5, 5.41) is 3.53. The van der Waals surface area contributed by atoms with Crippen molar-refractivity contribution in [3.8, 4) is 0 Å². The maximum absolute atomic E-state index is 12.8. The Morgan fingerprint density at radius 1 is 1.03 bits per heavy atom. The van der Waals surface area contributed by atoms with Crippen molar-refractivity contribution in [1.29, 1.82) is 0 Å². The molecule has 4 rings (SSSR count). The van der Waals surface area contributed by atoms with Gasteiger partial charge in [-0.05, 0) is 29.8 Å². The quantitative estimate of drug-likeness (QED) is 0.603. The Hall–Kier alpha value is -3.06. The molecule has 2 aliphatic heterocycles. The van der Waals surface area contributed by atoms with Crippen molar-refractivity contribution >= 4 is 35.1 Å². The van der Waals surface area contributed by atoms with Crippen molar-refractivity contribution < 1.29 is 14.3 Å². The van der Waals surface area contributed by atoms with E-state index in [9.17, 15) is 9.59 Å². The first kappa shape index (κ1) is 20.2. The van der Waals surface area contributed by atoms with Gasteiger partial charge >= 0.3 is 5.97 Å². The zero-order valence-electron chi connectivity index (χ0n) is 16.6. The molecule has 2 aromatic carbocycles. The van der Waals surface area contributed by atoms with Gasteiger partial charge in [-0.2, -0.15) is 0 Å². The Bertz CT molecular complexity index is 941. The molecule has 0 radical (unpaired) electrons. The van der Waals surface area contributed by atoms with Crippen LogP contribution in [0.5, 0.6) is 0 Å². The summed E-state index contributed by atoms with van der Waals surface area (Å²) >= 11 is 5.98. The summed E-state index contributed by atoms with van der Waals surface area (Å²) in [5.74, 6) is -1.47. The molecule has 2 heterocycles. The number of methoxy groups -OCH3 is 1. The molecule has 1 saturated heterocycles. The molecular formula is C22H23ClN4O3. The Labute approximate surface area is 180 Å². The van der Waals surface area contributed by atoms with E-state index in [0.29, 0.717) is 24.1 Å². The van der Waals surface area contributed by atoms with Gasteiger partial charge in [0, 0.05) is 36.9 Å². The van der Waals surface area contributed by atoms with Gasteiger partial charge in [0.05, 0.1) is 7.11 Å². The molecule has 7 nitrogen and oxygen atoms in total. The lowest BCUT2D eigenvalue weighted by atomic mass is 9.91. The highest BCUT2D eigenvalue weighted by Gasteiger charge is 2.41. The van der Waals surface area contributed by atoms with Crippen LogP contribution in [-0.4, -0.2) is 56.0 Å². The number of benzene rings is 2. The number of guanidine groups is 1. The van der Waals surface area contributed by atoms with Crippen molar-refractivity contribution in [2.75, 3.05) is 38.2 Å². The monoisotopic (exact) mass is 426 g/mol. The average Bonchev–Trinajstić information content (AvgIpc) is 2.79. The van der Waals surface area contributed by atoms with Crippen LogP contribution in [0.3, 0.4) is 0 Å². The van der Waals surface area contributed by atoms with Gasteiger partial charge in [-0.25, -0.2) is 4.99 Å². The number of halogens is 1. The molecule has 0 aliphatic carbocycles. The average molecular weight is 427 g/mol. The van der Waals surface area contributed by atoms with E-state index in [4.69, 9.17) is 21.3 Å². The van der Waals surface area contributed by atoms with E-state index in [0.717, 1.165) is 24.3 Å². The first-order chi connectivity index (χ1) is 14.6. The summed E-state index contributed by atoms with van der Waals surface area (Å²) in [6, 6.07) is 16.5. The Morgan fingerprint density at radius 2 is 1.67 bits per heavy atom. The third-order valence-electron chi connectivity index (χ3n) is 5.46. The molecule has 2 atom stereocenters. The highest BCUT2D eigenvalue weighted by Crippen LogP contribution is 2.31. The smallest absolute Gasteiger partial charge is 0.320 e. The standard InChI is InChI=1S/C22H23ClN4O3/c1-30-21(29)18-19(15-5-3-2-4-6-15)24-22(25-20(18)28)27-13-11-26(12-14-27)17-9-7-16(23)8-10-17/h2-10,18-19H,11-14H2,1H3,(H,24,25,28)/t18-,19+/m1/s1. The number of aliphatic imine (C=N–C) groups is 1. The number of esters is 1. The third-order valence-corrected chi connectivity index (χ3v) is 5.71. The van der Waals surface area contributed by atoms with Crippen LogP contribution in [0.15, 0.2) is 59.6 Å². The fourth-order valence-corrected chi connectivity index (χ4v) is 3.97. The lowest BCUT2D eigenvalue weighted by Crippen LogP contribution is -2.57. The summed E-state index contributed by atoms with van der Waals surface area (Å²) in [7, 11) is 1.28. The number of anilines is 1. The number of hydrogen-bond donors (Lipinski definition) is 1. The van der Waals surface area contributed by atoms with Gasteiger partial charge < -0.3 is 14.5 Å². The summed E-state index contributed by atoms with van der Waals surface area (Å²) < 4.78 is 4.87. The number of carbonyl (C=O) groups is 2. The molecule has 8 heteroatoms. The minimum atomic E-state index is -1.00. The van der Waals surface area contributed by atoms with Crippen LogP contribution in [0.2, 0.25) is 5.02 Å². The molecule has 30 heavy (non-hydrogen) atoms. The number of amides is 1. The molecule has 1 N–H and O–H groups in total. The van der Waals surface area contributed by atoms with Crippen LogP contribution in [0.1, 0.15) is 11.6 Å². The Kier molecular flexibility index (Phi) is 5.90. The number of ether oxygens (including phenoxy) is 1. The number of carbonyl (C=O) groups excluding carboxylic acids is 2. The zero-order chi connectivity index (χ0) is 21.1. The molecule has 0 aromatic heterocycles. The number of piperazine rings is 1. The topological polar surface area (TPSA) is 74.2 Å². The number of rotatable bonds is 3. The summed E-state index contributed by atoms with van der Waals surface area (Å²) in [4.78, 5) is 34.2. The van der Waals surface area contributed by atoms with Crippen LogP contribution in [0.4, 0.5) is 5.69 Å². The molecule has 0 saturated carbocycles. The first-order valence-corrected chi connectivity index (χ1v) is 10.2. The SMILES string of the molecule is COC(=O)[C@H]1C(=O)NC(N2CCN(c3ccc(Cl)cc3)CC2)=N[C@H]1c1ccccc1. The fourth-order valence-electron chi connectivity index (χ4n) is 3.84. The minimum absolute atomic E-state index is 0.388. The highest BCUT2D eigenvalue weighted by atomic mass is 35.5. The van der Waals surface area contributed by atoms with E-state index >= 15 is 0 Å². The minimum Gasteiger partial charge on any atom is -0.468 e. The van der Waals surface area contributed by atoms with E-state index < -0.39 is 17.9 Å². The summed E-state index contributed by atoms with van der Waals surface area (Å²) in [6.07, 6.45) is 0. The molecule has 156 valence electrons. The van der Waals surface area contributed by atoms with E-state index in [1.165, 1.54) is 7.11 Å². The van der Waals surface area contributed by atoms with Crippen molar-refractivity contribution in [3.05, 3.63) is 65.2 Å². The van der Waals surface area contributed by atoms with Crippen LogP contribution in [0.25, 0.3) is 0 Å². The second-order valence-corrected chi connectivity index (χ2v) is 7.69. The van der Waals surface area contributed by atoms with Gasteiger partial charge in [0.15, 0.2) is 5.92 Å². The van der Waals surface area contributed by atoms with Crippen molar-refractivity contribution in [2.45, 2.75) is 6.04 Å². The summed E-state index contributed by atoms with van der Waals surface area (Å²) in [5.41, 5.74) is 1.92. The van der Waals surface area contributed by atoms with Crippen molar-refractivity contribution in [2.24, 2.45) is 10.9 Å². The van der Waals surface area contributed by atoms with Gasteiger partial charge in [0.1, 0.15) is 6.04 Å². The van der Waals surface area contributed by atoms with Gasteiger partial charge in [0.2, 0.25) is 11.9 Å². The maximum Gasteiger partial charge on any atom is 0.320 e. The lowest BCUT2D eigenvalue weighted by Gasteiger charge is -2.39. The highest BCUT2D eigenvalue weighted by molar-refractivity contribution is 6.30. The fraction of sp³-hybridized carbons (Fsp3) is 0.318. The van der Waals surface area contributed by atoms with Crippen LogP contribution in [0, 0.1) is 5.92 Å². The predicted molar refractivity (Wildman–Crippen MR) is 116 cm³/mol. The molecule has 0 unspecified atom stereocenters. The molecule has 2 aromatic rings. The Balaban J connectivity index is 1.54. The largest absolute Gasteiger partial charge is 0.468 e. The molecule has 1 fully saturated rings.